The van der Waals surface area contributed by atoms with Gasteiger partial charge in [0.25, 0.3) is 0 Å². The van der Waals surface area contributed by atoms with Gasteiger partial charge >= 0.3 is 5.97 Å². The van der Waals surface area contributed by atoms with Crippen molar-refractivity contribution in [3.8, 4) is 0 Å². The van der Waals surface area contributed by atoms with Crippen molar-refractivity contribution in [2.75, 3.05) is 38.2 Å². The predicted octanol–water partition coefficient (Wildman–Crippen LogP) is 2.39. The molecule has 146 valence electrons. The topological polar surface area (TPSA) is 78.9 Å². The first-order chi connectivity index (χ1) is 13.1. The molecule has 6 nitrogen and oxygen atoms in total. The van der Waals surface area contributed by atoms with E-state index in [1.54, 1.807) is 0 Å². The third kappa shape index (κ3) is 3.60. The van der Waals surface area contributed by atoms with Crippen molar-refractivity contribution < 1.29 is 19.4 Å². The number of carboxylic acids is 1. The predicted molar refractivity (Wildman–Crippen MR) is 102 cm³/mol. The number of hydrogen-bond acceptors (Lipinski definition) is 4. The lowest BCUT2D eigenvalue weighted by molar-refractivity contribution is -0.157. The number of carboxylic acid groups (broad SMARTS) is 1. The van der Waals surface area contributed by atoms with Gasteiger partial charge in [-0.1, -0.05) is 18.6 Å². The van der Waals surface area contributed by atoms with Crippen LogP contribution in [-0.4, -0.2) is 54.7 Å². The number of nitrogens with one attached hydrogen (secondary N) is 1. The number of carbonyl (C=O) groups is 2. The Morgan fingerprint density at radius 2 is 1.93 bits per heavy atom. The Kier molecular flexibility index (Phi) is 5.19. The molecular weight excluding hydrogens is 344 g/mol. The third-order valence-corrected chi connectivity index (χ3v) is 6.67. The Bertz CT molecular complexity index is 699. The Balaban J connectivity index is 1.36. The van der Waals surface area contributed by atoms with Crippen LogP contribution in [0, 0.1) is 17.3 Å². The maximum atomic E-state index is 12.9. The number of carbonyl (C=O) groups excluding carboxylic acids is 1. The number of morpholine rings is 1. The molecule has 2 bridgehead atoms. The molecule has 27 heavy (non-hydrogen) atoms. The van der Waals surface area contributed by atoms with Crippen molar-refractivity contribution in [1.82, 2.24) is 4.90 Å². The van der Waals surface area contributed by atoms with E-state index in [2.05, 4.69) is 10.2 Å². The summed E-state index contributed by atoms with van der Waals surface area (Å²) in [5.74, 6) is -0.940. The number of ether oxygens (including phenoxy) is 1. The lowest BCUT2D eigenvalue weighted by Crippen LogP contribution is -2.47. The van der Waals surface area contributed by atoms with Crippen LogP contribution in [0.4, 0.5) is 5.69 Å². The molecule has 1 saturated heterocycles. The molecule has 3 aliphatic rings. The normalized spacial score (nSPS) is 30.4. The molecule has 2 saturated carbocycles. The van der Waals surface area contributed by atoms with E-state index in [4.69, 9.17) is 4.74 Å². The summed E-state index contributed by atoms with van der Waals surface area (Å²) in [7, 11) is 0. The zero-order valence-electron chi connectivity index (χ0n) is 15.7. The number of fused-ring (bicyclic) bond motifs is 2. The first-order valence-electron chi connectivity index (χ1n) is 10.0. The van der Waals surface area contributed by atoms with Crippen LogP contribution in [0.2, 0.25) is 0 Å². The number of anilines is 1. The SMILES string of the molecule is O=C(O)C1(C(=O)Nc2ccc(CCN3CCOCC3)cc2)CC2CCC1C2. The molecule has 2 N–H and O–H groups in total. The Hall–Kier alpha value is -1.92. The van der Waals surface area contributed by atoms with Gasteiger partial charge in [-0.2, -0.15) is 0 Å². The molecule has 1 heterocycles. The molecule has 1 amide bonds. The highest BCUT2D eigenvalue weighted by molar-refractivity contribution is 6.09. The second kappa shape index (κ2) is 7.60. The van der Waals surface area contributed by atoms with Gasteiger partial charge < -0.3 is 15.2 Å². The summed E-state index contributed by atoms with van der Waals surface area (Å²) < 4.78 is 5.37. The van der Waals surface area contributed by atoms with Gasteiger partial charge in [-0.25, -0.2) is 0 Å². The number of amides is 1. The molecule has 0 radical (unpaired) electrons. The standard InChI is InChI=1S/C21H28N2O4/c24-19(21(20(25)26)14-16-1-4-17(21)13-16)22-18-5-2-15(3-6-18)7-8-23-9-11-27-12-10-23/h2-3,5-6,16-17H,1,4,7-14H2,(H,22,24)(H,25,26). The summed E-state index contributed by atoms with van der Waals surface area (Å²) in [6.45, 7) is 4.57. The molecule has 0 aromatic heterocycles. The van der Waals surface area contributed by atoms with Crippen molar-refractivity contribution in [3.63, 3.8) is 0 Å². The van der Waals surface area contributed by atoms with Crippen LogP contribution in [0.5, 0.6) is 0 Å². The van der Waals surface area contributed by atoms with Gasteiger partial charge in [0.05, 0.1) is 13.2 Å². The zero-order valence-corrected chi connectivity index (χ0v) is 15.7. The van der Waals surface area contributed by atoms with Crippen molar-refractivity contribution in [3.05, 3.63) is 29.8 Å². The van der Waals surface area contributed by atoms with E-state index in [-0.39, 0.29) is 11.8 Å². The number of rotatable bonds is 6. The molecule has 6 heteroatoms. The van der Waals surface area contributed by atoms with Crippen LogP contribution >= 0.6 is 0 Å². The van der Waals surface area contributed by atoms with Crippen LogP contribution in [0.25, 0.3) is 0 Å². The van der Waals surface area contributed by atoms with E-state index in [9.17, 15) is 14.7 Å². The molecule has 4 rings (SSSR count). The fraction of sp³-hybridized carbons (Fsp3) is 0.619. The fourth-order valence-electron chi connectivity index (χ4n) is 5.08. The Morgan fingerprint density at radius 1 is 1.19 bits per heavy atom. The zero-order chi connectivity index (χ0) is 18.9. The summed E-state index contributed by atoms with van der Waals surface area (Å²) >= 11 is 0. The molecule has 2 aliphatic carbocycles. The minimum atomic E-state index is -1.24. The monoisotopic (exact) mass is 372 g/mol. The van der Waals surface area contributed by atoms with Gasteiger partial charge in [0.2, 0.25) is 5.91 Å². The largest absolute Gasteiger partial charge is 0.480 e. The van der Waals surface area contributed by atoms with E-state index < -0.39 is 11.4 Å². The van der Waals surface area contributed by atoms with Gasteiger partial charge in [-0.3, -0.25) is 14.5 Å². The average molecular weight is 372 g/mol. The van der Waals surface area contributed by atoms with Crippen molar-refractivity contribution >= 4 is 17.6 Å². The highest BCUT2D eigenvalue weighted by Crippen LogP contribution is 2.56. The summed E-state index contributed by atoms with van der Waals surface area (Å²) in [6.07, 6.45) is 4.23. The first kappa shape index (κ1) is 18.4. The summed E-state index contributed by atoms with van der Waals surface area (Å²) in [6, 6.07) is 7.80. The molecule has 1 aromatic rings. The highest BCUT2D eigenvalue weighted by Gasteiger charge is 2.60. The molecule has 3 unspecified atom stereocenters. The van der Waals surface area contributed by atoms with Crippen molar-refractivity contribution in [1.29, 1.82) is 0 Å². The average Bonchev–Trinajstić information content (AvgIpc) is 3.30. The smallest absolute Gasteiger partial charge is 0.319 e. The first-order valence-corrected chi connectivity index (χ1v) is 10.0. The second-order valence-electron chi connectivity index (χ2n) is 8.21. The van der Waals surface area contributed by atoms with E-state index in [0.29, 0.717) is 18.0 Å². The molecule has 1 aromatic carbocycles. The van der Waals surface area contributed by atoms with E-state index >= 15 is 0 Å². The van der Waals surface area contributed by atoms with Gasteiger partial charge in [0.15, 0.2) is 0 Å². The number of nitrogens with zero attached hydrogens (tertiary/aromatic N) is 1. The minimum absolute atomic E-state index is 0.0206. The van der Waals surface area contributed by atoms with Gasteiger partial charge in [0.1, 0.15) is 5.41 Å². The number of hydrogen-bond donors (Lipinski definition) is 2. The fourth-order valence-corrected chi connectivity index (χ4v) is 5.08. The molecular formula is C21H28N2O4. The second-order valence-corrected chi connectivity index (χ2v) is 8.21. The lowest BCUT2D eigenvalue weighted by Gasteiger charge is -2.32. The van der Waals surface area contributed by atoms with Crippen LogP contribution in [-0.2, 0) is 20.7 Å². The quantitative estimate of drug-likeness (QED) is 0.750. The van der Waals surface area contributed by atoms with Gasteiger partial charge in [-0.05, 0) is 55.2 Å². The Morgan fingerprint density at radius 3 is 2.52 bits per heavy atom. The molecule has 0 spiro atoms. The maximum absolute atomic E-state index is 12.9. The van der Waals surface area contributed by atoms with Crippen molar-refractivity contribution in [2.24, 2.45) is 17.3 Å². The summed E-state index contributed by atoms with van der Waals surface area (Å²) in [5.41, 5.74) is 0.656. The number of aliphatic carboxylic acids is 1. The van der Waals surface area contributed by atoms with E-state index in [1.807, 2.05) is 24.3 Å². The van der Waals surface area contributed by atoms with Crippen LogP contribution in [0.3, 0.4) is 0 Å². The van der Waals surface area contributed by atoms with Gasteiger partial charge in [0, 0.05) is 25.3 Å². The van der Waals surface area contributed by atoms with E-state index in [0.717, 1.165) is 58.5 Å². The van der Waals surface area contributed by atoms with Crippen LogP contribution in [0.1, 0.15) is 31.2 Å². The van der Waals surface area contributed by atoms with Gasteiger partial charge in [-0.15, -0.1) is 0 Å². The summed E-state index contributed by atoms with van der Waals surface area (Å²) in [4.78, 5) is 27.2. The summed E-state index contributed by atoms with van der Waals surface area (Å²) in [5, 5.41) is 12.7. The molecule has 3 fully saturated rings. The maximum Gasteiger partial charge on any atom is 0.319 e. The number of benzene rings is 1. The van der Waals surface area contributed by atoms with Crippen LogP contribution in [0.15, 0.2) is 24.3 Å². The van der Waals surface area contributed by atoms with Crippen molar-refractivity contribution in [2.45, 2.75) is 32.1 Å². The minimum Gasteiger partial charge on any atom is -0.480 e. The lowest BCUT2D eigenvalue weighted by atomic mass is 9.72. The molecule has 3 atom stereocenters. The highest BCUT2D eigenvalue weighted by atomic mass is 16.5. The van der Waals surface area contributed by atoms with E-state index in [1.165, 1.54) is 5.56 Å². The third-order valence-electron chi connectivity index (χ3n) is 6.67. The molecule has 1 aliphatic heterocycles. The Labute approximate surface area is 159 Å². The van der Waals surface area contributed by atoms with Crippen LogP contribution < -0.4 is 5.32 Å².